The third-order valence-corrected chi connectivity index (χ3v) is 4.09. The first-order valence-corrected chi connectivity index (χ1v) is 8.21. The van der Waals surface area contributed by atoms with Crippen molar-refractivity contribution >= 4 is 11.6 Å². The summed E-state index contributed by atoms with van der Waals surface area (Å²) in [6.07, 6.45) is 3.27. The SMILES string of the molecule is CC(C)(C(=O)Nc1cccc(Oc2ccncc2)c1)c1ccccc1F. The third kappa shape index (κ3) is 3.88. The summed E-state index contributed by atoms with van der Waals surface area (Å²) in [6.45, 7) is 3.39. The van der Waals surface area contributed by atoms with E-state index >= 15 is 0 Å². The number of halogens is 1. The number of nitrogens with zero attached hydrogens (tertiary/aromatic N) is 1. The molecule has 5 heteroatoms. The molecule has 0 atom stereocenters. The van der Waals surface area contributed by atoms with Gasteiger partial charge in [-0.3, -0.25) is 9.78 Å². The smallest absolute Gasteiger partial charge is 0.234 e. The molecule has 0 aliphatic carbocycles. The lowest BCUT2D eigenvalue weighted by atomic mass is 9.83. The normalized spacial score (nSPS) is 11.0. The van der Waals surface area contributed by atoms with Gasteiger partial charge in [-0.05, 0) is 44.2 Å². The second-order valence-electron chi connectivity index (χ2n) is 6.37. The number of benzene rings is 2. The van der Waals surface area contributed by atoms with Crippen LogP contribution >= 0.6 is 0 Å². The van der Waals surface area contributed by atoms with Crippen molar-refractivity contribution in [2.45, 2.75) is 19.3 Å². The number of hydrogen-bond donors (Lipinski definition) is 1. The van der Waals surface area contributed by atoms with Crippen LogP contribution in [0.1, 0.15) is 19.4 Å². The van der Waals surface area contributed by atoms with Crippen LogP contribution in [0.5, 0.6) is 11.5 Å². The van der Waals surface area contributed by atoms with Crippen LogP contribution in [-0.2, 0) is 10.2 Å². The number of carbonyl (C=O) groups excluding carboxylic acids is 1. The lowest BCUT2D eigenvalue weighted by molar-refractivity contribution is -0.120. The van der Waals surface area contributed by atoms with Gasteiger partial charge >= 0.3 is 0 Å². The van der Waals surface area contributed by atoms with Crippen LogP contribution in [0.2, 0.25) is 0 Å². The Kier molecular flexibility index (Phi) is 4.98. The summed E-state index contributed by atoms with van der Waals surface area (Å²) < 4.78 is 19.8. The van der Waals surface area contributed by atoms with Gasteiger partial charge in [0.25, 0.3) is 0 Å². The van der Waals surface area contributed by atoms with Crippen molar-refractivity contribution in [3.05, 3.63) is 84.4 Å². The molecule has 3 aromatic rings. The Labute approximate surface area is 151 Å². The van der Waals surface area contributed by atoms with E-state index in [-0.39, 0.29) is 5.91 Å². The van der Waals surface area contributed by atoms with E-state index in [1.807, 2.05) is 0 Å². The van der Waals surface area contributed by atoms with Crippen molar-refractivity contribution in [2.75, 3.05) is 5.32 Å². The molecule has 0 bridgehead atoms. The highest BCUT2D eigenvalue weighted by Gasteiger charge is 2.32. The molecule has 1 amide bonds. The predicted molar refractivity (Wildman–Crippen MR) is 98.8 cm³/mol. The lowest BCUT2D eigenvalue weighted by Crippen LogP contribution is -2.35. The van der Waals surface area contributed by atoms with Crippen molar-refractivity contribution < 1.29 is 13.9 Å². The van der Waals surface area contributed by atoms with Gasteiger partial charge in [-0.15, -0.1) is 0 Å². The van der Waals surface area contributed by atoms with Crippen LogP contribution in [-0.4, -0.2) is 10.9 Å². The Morgan fingerprint density at radius 2 is 1.73 bits per heavy atom. The lowest BCUT2D eigenvalue weighted by Gasteiger charge is -2.24. The quantitative estimate of drug-likeness (QED) is 0.710. The molecule has 0 saturated heterocycles. The summed E-state index contributed by atoms with van der Waals surface area (Å²) in [6, 6.07) is 16.8. The number of amides is 1. The Morgan fingerprint density at radius 1 is 1.00 bits per heavy atom. The molecule has 0 saturated carbocycles. The van der Waals surface area contributed by atoms with E-state index < -0.39 is 11.2 Å². The number of pyridine rings is 1. The summed E-state index contributed by atoms with van der Waals surface area (Å²) in [5.41, 5.74) is -0.0968. The van der Waals surface area contributed by atoms with E-state index in [1.54, 1.807) is 80.8 Å². The highest BCUT2D eigenvalue weighted by atomic mass is 19.1. The fraction of sp³-hybridized carbons (Fsp3) is 0.143. The molecule has 4 nitrogen and oxygen atoms in total. The largest absolute Gasteiger partial charge is 0.457 e. The zero-order chi connectivity index (χ0) is 18.6. The second kappa shape index (κ2) is 7.35. The molecule has 1 heterocycles. The number of nitrogens with one attached hydrogen (secondary N) is 1. The minimum absolute atomic E-state index is 0.302. The summed E-state index contributed by atoms with van der Waals surface area (Å²) in [4.78, 5) is 16.7. The first-order valence-electron chi connectivity index (χ1n) is 8.21. The van der Waals surface area contributed by atoms with Crippen LogP contribution in [0.25, 0.3) is 0 Å². The molecule has 0 unspecified atom stereocenters. The topological polar surface area (TPSA) is 51.2 Å². The van der Waals surface area contributed by atoms with Crippen molar-refractivity contribution in [3.63, 3.8) is 0 Å². The molecule has 0 aliphatic heterocycles. The third-order valence-electron chi connectivity index (χ3n) is 4.09. The molecular weight excluding hydrogens is 331 g/mol. The average molecular weight is 350 g/mol. The van der Waals surface area contributed by atoms with Gasteiger partial charge in [0.2, 0.25) is 5.91 Å². The first kappa shape index (κ1) is 17.6. The molecule has 1 N–H and O–H groups in total. The van der Waals surface area contributed by atoms with Gasteiger partial charge in [0.1, 0.15) is 17.3 Å². The van der Waals surface area contributed by atoms with E-state index in [1.165, 1.54) is 6.07 Å². The molecule has 26 heavy (non-hydrogen) atoms. The maximum Gasteiger partial charge on any atom is 0.234 e. The fourth-order valence-electron chi connectivity index (χ4n) is 2.56. The Bertz CT molecular complexity index is 911. The minimum Gasteiger partial charge on any atom is -0.457 e. The van der Waals surface area contributed by atoms with Gasteiger partial charge in [-0.2, -0.15) is 0 Å². The first-order chi connectivity index (χ1) is 12.5. The highest BCUT2D eigenvalue weighted by molar-refractivity contribution is 5.98. The summed E-state index contributed by atoms with van der Waals surface area (Å²) in [5, 5.41) is 2.84. The molecule has 0 spiro atoms. The van der Waals surface area contributed by atoms with Gasteiger partial charge < -0.3 is 10.1 Å². The van der Waals surface area contributed by atoms with Crippen molar-refractivity contribution in [1.82, 2.24) is 4.98 Å². The molecule has 0 aliphatic rings. The van der Waals surface area contributed by atoms with Crippen LogP contribution in [0.3, 0.4) is 0 Å². The number of carbonyl (C=O) groups is 1. The molecule has 0 radical (unpaired) electrons. The van der Waals surface area contributed by atoms with Gasteiger partial charge in [0.15, 0.2) is 0 Å². The van der Waals surface area contributed by atoms with E-state index in [4.69, 9.17) is 4.74 Å². The van der Waals surface area contributed by atoms with E-state index in [0.29, 0.717) is 22.7 Å². The van der Waals surface area contributed by atoms with Crippen molar-refractivity contribution in [3.8, 4) is 11.5 Å². The Hall–Kier alpha value is -3.21. The Balaban J connectivity index is 1.77. The van der Waals surface area contributed by atoms with E-state index in [2.05, 4.69) is 10.3 Å². The van der Waals surface area contributed by atoms with Crippen molar-refractivity contribution in [1.29, 1.82) is 0 Å². The number of ether oxygens (including phenoxy) is 1. The van der Waals surface area contributed by atoms with Crippen LogP contribution in [0.4, 0.5) is 10.1 Å². The van der Waals surface area contributed by atoms with E-state index in [0.717, 1.165) is 0 Å². The molecule has 2 aromatic carbocycles. The Morgan fingerprint density at radius 3 is 2.46 bits per heavy atom. The highest BCUT2D eigenvalue weighted by Crippen LogP contribution is 2.29. The summed E-state index contributed by atoms with van der Waals surface area (Å²) in [5.74, 6) is 0.527. The zero-order valence-corrected chi connectivity index (χ0v) is 14.6. The fourth-order valence-corrected chi connectivity index (χ4v) is 2.56. The summed E-state index contributed by atoms with van der Waals surface area (Å²) >= 11 is 0. The maximum atomic E-state index is 14.1. The van der Waals surface area contributed by atoms with Crippen molar-refractivity contribution in [2.24, 2.45) is 0 Å². The number of anilines is 1. The standard InChI is InChI=1S/C21H19FN2O2/c1-21(2,18-8-3-4-9-19(18)22)20(25)24-15-6-5-7-17(14-15)26-16-10-12-23-13-11-16/h3-14H,1-2H3,(H,24,25). The van der Waals surface area contributed by atoms with Gasteiger partial charge in [-0.1, -0.05) is 24.3 Å². The molecular formula is C21H19FN2O2. The van der Waals surface area contributed by atoms with Gasteiger partial charge in [0.05, 0.1) is 5.41 Å². The molecule has 0 fully saturated rings. The molecule has 132 valence electrons. The second-order valence-corrected chi connectivity index (χ2v) is 6.37. The number of rotatable bonds is 5. The zero-order valence-electron chi connectivity index (χ0n) is 14.6. The maximum absolute atomic E-state index is 14.1. The predicted octanol–water partition coefficient (Wildman–Crippen LogP) is 4.93. The van der Waals surface area contributed by atoms with Gasteiger partial charge in [-0.25, -0.2) is 4.39 Å². The minimum atomic E-state index is -1.02. The number of hydrogen-bond acceptors (Lipinski definition) is 3. The monoisotopic (exact) mass is 350 g/mol. The van der Waals surface area contributed by atoms with Crippen LogP contribution in [0.15, 0.2) is 73.1 Å². The van der Waals surface area contributed by atoms with Gasteiger partial charge in [0, 0.05) is 29.7 Å². The average Bonchev–Trinajstić information content (AvgIpc) is 2.63. The van der Waals surface area contributed by atoms with Crippen LogP contribution < -0.4 is 10.1 Å². The molecule has 3 rings (SSSR count). The summed E-state index contributed by atoms with van der Waals surface area (Å²) in [7, 11) is 0. The number of aromatic nitrogens is 1. The molecule has 1 aromatic heterocycles. The van der Waals surface area contributed by atoms with E-state index in [9.17, 15) is 9.18 Å². The van der Waals surface area contributed by atoms with Crippen LogP contribution in [0, 0.1) is 5.82 Å².